The van der Waals surface area contributed by atoms with Gasteiger partial charge in [-0.05, 0) is 45.0 Å². The number of piperidine rings is 1. The number of benzene rings is 1. The third-order valence-corrected chi connectivity index (χ3v) is 4.65. The van der Waals surface area contributed by atoms with Crippen LogP contribution in [0.1, 0.15) is 18.5 Å². The van der Waals surface area contributed by atoms with Crippen molar-refractivity contribution in [3.05, 3.63) is 34.4 Å². The van der Waals surface area contributed by atoms with E-state index in [-0.39, 0.29) is 5.69 Å². The monoisotopic (exact) mass is 316 g/mol. The molecule has 2 heterocycles. The average Bonchev–Trinajstić information content (AvgIpc) is 2.55. The predicted octanol–water partition coefficient (Wildman–Crippen LogP) is 1.14. The molecule has 1 saturated heterocycles. The molecule has 1 aliphatic heterocycles. The normalized spacial score (nSPS) is 16.8. The summed E-state index contributed by atoms with van der Waals surface area (Å²) in [5.74, 6) is 0.750. The number of rotatable bonds is 4. The van der Waals surface area contributed by atoms with Crippen LogP contribution in [0.15, 0.2) is 23.0 Å². The van der Waals surface area contributed by atoms with Gasteiger partial charge in [0.25, 0.3) is 0 Å². The summed E-state index contributed by atoms with van der Waals surface area (Å²) in [4.78, 5) is 18.9. The highest BCUT2D eigenvalue weighted by atomic mass is 16.5. The van der Waals surface area contributed by atoms with Gasteiger partial charge in [0, 0.05) is 30.6 Å². The fourth-order valence-corrected chi connectivity index (χ4v) is 3.17. The highest BCUT2D eigenvalue weighted by Crippen LogP contribution is 2.21. The summed E-state index contributed by atoms with van der Waals surface area (Å²) in [5.41, 5.74) is 7.39. The Bertz CT molecular complexity index is 748. The first-order valence-corrected chi connectivity index (χ1v) is 8.11. The molecule has 6 heteroatoms. The lowest BCUT2D eigenvalue weighted by Gasteiger charge is -2.30. The number of likely N-dealkylation sites (tertiary alicyclic amines) is 1. The molecule has 1 aromatic heterocycles. The van der Waals surface area contributed by atoms with E-state index in [1.807, 2.05) is 25.1 Å². The molecular weight excluding hydrogens is 292 g/mol. The number of hydrogen-bond acceptors (Lipinski definition) is 5. The van der Waals surface area contributed by atoms with Crippen LogP contribution in [0, 0.1) is 6.92 Å². The van der Waals surface area contributed by atoms with Crippen LogP contribution in [0.25, 0.3) is 10.9 Å². The minimum absolute atomic E-state index is 0.197. The molecule has 0 aliphatic carbocycles. The second-order valence-corrected chi connectivity index (χ2v) is 6.19. The third kappa shape index (κ3) is 3.38. The Kier molecular flexibility index (Phi) is 4.63. The van der Waals surface area contributed by atoms with Gasteiger partial charge in [-0.2, -0.15) is 4.98 Å². The first-order valence-electron chi connectivity index (χ1n) is 8.11. The summed E-state index contributed by atoms with van der Waals surface area (Å²) in [6.45, 7) is 5.33. The van der Waals surface area contributed by atoms with E-state index in [2.05, 4.69) is 9.88 Å². The number of ether oxygens (including phenoxy) is 1. The van der Waals surface area contributed by atoms with Crippen molar-refractivity contribution >= 4 is 10.9 Å². The summed E-state index contributed by atoms with van der Waals surface area (Å²) in [6, 6.07) is 6.10. The van der Waals surface area contributed by atoms with Crippen molar-refractivity contribution in [3.8, 4) is 5.75 Å². The largest absolute Gasteiger partial charge is 0.497 e. The minimum atomic E-state index is -0.197. The van der Waals surface area contributed by atoms with Crippen LogP contribution < -0.4 is 16.2 Å². The van der Waals surface area contributed by atoms with Crippen LogP contribution >= 0.6 is 0 Å². The van der Waals surface area contributed by atoms with Crippen LogP contribution in [0.5, 0.6) is 5.75 Å². The zero-order chi connectivity index (χ0) is 16.4. The number of aryl methyl sites for hydroxylation is 1. The minimum Gasteiger partial charge on any atom is -0.497 e. The Hall–Kier alpha value is -1.92. The standard InChI is InChI=1S/C17H24N4O2/c1-12-15-4-3-14(23-2)11-16(15)21(17(22)19-12)10-9-20-7-5-13(18)6-8-20/h3-4,11,13H,5-10,18H2,1-2H3. The van der Waals surface area contributed by atoms with E-state index in [4.69, 9.17) is 10.5 Å². The number of fused-ring (bicyclic) bond motifs is 1. The number of nitrogens with zero attached hydrogens (tertiary/aromatic N) is 3. The van der Waals surface area contributed by atoms with Gasteiger partial charge in [-0.15, -0.1) is 0 Å². The molecule has 0 saturated carbocycles. The van der Waals surface area contributed by atoms with Gasteiger partial charge in [-0.25, -0.2) is 4.79 Å². The highest BCUT2D eigenvalue weighted by molar-refractivity contribution is 5.82. The van der Waals surface area contributed by atoms with Gasteiger partial charge in [0.2, 0.25) is 0 Å². The van der Waals surface area contributed by atoms with Crippen molar-refractivity contribution in [1.82, 2.24) is 14.5 Å². The maximum atomic E-state index is 12.4. The van der Waals surface area contributed by atoms with Crippen molar-refractivity contribution in [2.45, 2.75) is 32.4 Å². The molecular formula is C17H24N4O2. The fraction of sp³-hybridized carbons (Fsp3) is 0.529. The molecule has 0 amide bonds. The van der Waals surface area contributed by atoms with Gasteiger partial charge < -0.3 is 15.4 Å². The third-order valence-electron chi connectivity index (χ3n) is 4.65. The Morgan fingerprint density at radius 2 is 2.04 bits per heavy atom. The fourth-order valence-electron chi connectivity index (χ4n) is 3.17. The van der Waals surface area contributed by atoms with Crippen LogP contribution in [-0.2, 0) is 6.54 Å². The van der Waals surface area contributed by atoms with Gasteiger partial charge in [0.15, 0.2) is 0 Å². The topological polar surface area (TPSA) is 73.4 Å². The first kappa shape index (κ1) is 16.0. The second kappa shape index (κ2) is 6.68. The molecule has 6 nitrogen and oxygen atoms in total. The van der Waals surface area contributed by atoms with Crippen molar-refractivity contribution < 1.29 is 4.74 Å². The average molecular weight is 316 g/mol. The molecule has 0 spiro atoms. The summed E-state index contributed by atoms with van der Waals surface area (Å²) in [5, 5.41) is 0.992. The van der Waals surface area contributed by atoms with E-state index in [0.717, 1.165) is 54.8 Å². The van der Waals surface area contributed by atoms with Gasteiger partial charge in [-0.3, -0.25) is 4.57 Å². The van der Waals surface area contributed by atoms with E-state index >= 15 is 0 Å². The summed E-state index contributed by atoms with van der Waals surface area (Å²) >= 11 is 0. The summed E-state index contributed by atoms with van der Waals surface area (Å²) < 4.78 is 7.05. The van der Waals surface area contributed by atoms with Crippen LogP contribution in [0.3, 0.4) is 0 Å². The summed E-state index contributed by atoms with van der Waals surface area (Å²) in [6.07, 6.45) is 2.05. The van der Waals surface area contributed by atoms with Gasteiger partial charge in [0.1, 0.15) is 5.75 Å². The van der Waals surface area contributed by atoms with Crippen LogP contribution in [0.4, 0.5) is 0 Å². The molecule has 1 aromatic carbocycles. The molecule has 0 radical (unpaired) electrons. The molecule has 2 N–H and O–H groups in total. The molecule has 3 rings (SSSR count). The lowest BCUT2D eigenvalue weighted by molar-refractivity contribution is 0.206. The highest BCUT2D eigenvalue weighted by Gasteiger charge is 2.16. The predicted molar refractivity (Wildman–Crippen MR) is 90.9 cm³/mol. The zero-order valence-corrected chi connectivity index (χ0v) is 13.8. The van der Waals surface area contributed by atoms with E-state index in [0.29, 0.717) is 12.6 Å². The SMILES string of the molecule is COc1ccc2c(C)nc(=O)n(CCN3CCC(N)CC3)c2c1. The molecule has 0 atom stereocenters. The quantitative estimate of drug-likeness (QED) is 0.915. The second-order valence-electron chi connectivity index (χ2n) is 6.19. The van der Waals surface area contributed by atoms with Crippen molar-refractivity contribution in [2.24, 2.45) is 5.73 Å². The Balaban J connectivity index is 1.88. The number of nitrogens with two attached hydrogens (primary N) is 1. The van der Waals surface area contributed by atoms with E-state index < -0.39 is 0 Å². The van der Waals surface area contributed by atoms with Crippen molar-refractivity contribution in [1.29, 1.82) is 0 Å². The Morgan fingerprint density at radius 3 is 2.74 bits per heavy atom. The smallest absolute Gasteiger partial charge is 0.348 e. The van der Waals surface area contributed by atoms with Crippen LogP contribution in [-0.4, -0.2) is 47.2 Å². The molecule has 124 valence electrons. The number of aromatic nitrogens is 2. The van der Waals surface area contributed by atoms with Crippen molar-refractivity contribution in [3.63, 3.8) is 0 Å². The molecule has 0 bridgehead atoms. The Labute approximate surface area is 135 Å². The van der Waals surface area contributed by atoms with Crippen molar-refractivity contribution in [2.75, 3.05) is 26.7 Å². The molecule has 1 fully saturated rings. The molecule has 1 aliphatic rings. The number of methoxy groups -OCH3 is 1. The van der Waals surface area contributed by atoms with Gasteiger partial charge in [-0.1, -0.05) is 0 Å². The Morgan fingerprint density at radius 1 is 1.30 bits per heavy atom. The van der Waals surface area contributed by atoms with E-state index in [1.54, 1.807) is 11.7 Å². The molecule has 2 aromatic rings. The molecule has 23 heavy (non-hydrogen) atoms. The van der Waals surface area contributed by atoms with Gasteiger partial charge >= 0.3 is 5.69 Å². The maximum Gasteiger partial charge on any atom is 0.348 e. The van der Waals surface area contributed by atoms with Gasteiger partial charge in [0.05, 0.1) is 18.3 Å². The van der Waals surface area contributed by atoms with E-state index in [1.165, 1.54) is 0 Å². The lowest BCUT2D eigenvalue weighted by Crippen LogP contribution is -2.41. The maximum absolute atomic E-state index is 12.4. The molecule has 0 unspecified atom stereocenters. The summed E-state index contributed by atoms with van der Waals surface area (Å²) in [7, 11) is 1.63. The zero-order valence-electron chi connectivity index (χ0n) is 13.8. The lowest BCUT2D eigenvalue weighted by atomic mass is 10.1. The first-order chi connectivity index (χ1) is 11.1. The van der Waals surface area contributed by atoms with E-state index in [9.17, 15) is 4.79 Å². The number of hydrogen-bond donors (Lipinski definition) is 1. The van der Waals surface area contributed by atoms with Crippen LogP contribution in [0.2, 0.25) is 0 Å².